The van der Waals surface area contributed by atoms with E-state index in [1.54, 1.807) is 5.06 Å². The summed E-state index contributed by atoms with van der Waals surface area (Å²) in [5, 5.41) is 12.2. The van der Waals surface area contributed by atoms with Crippen LogP contribution in [-0.4, -0.2) is 24.0 Å². The topological polar surface area (TPSA) is 59.0 Å². The molecular formula is C18H19NO4. The van der Waals surface area contributed by atoms with Gasteiger partial charge in [0.05, 0.1) is 12.8 Å². The molecule has 1 aliphatic rings. The van der Waals surface area contributed by atoms with E-state index < -0.39 is 23.7 Å². The van der Waals surface area contributed by atoms with Crippen molar-refractivity contribution in [3.05, 3.63) is 66.2 Å². The normalized spacial score (nSPS) is 27.0. The molecule has 2 aromatic carbocycles. The first kappa shape index (κ1) is 15.5. The predicted molar refractivity (Wildman–Crippen MR) is 85.3 cm³/mol. The van der Waals surface area contributed by atoms with E-state index in [2.05, 4.69) is 0 Å². The number of nitrogens with zero attached hydrogens (tertiary/aromatic N) is 1. The van der Waals surface area contributed by atoms with E-state index >= 15 is 0 Å². The monoisotopic (exact) mass is 313 g/mol. The largest absolute Gasteiger partial charge is 0.469 e. The number of carbonyl (C=O) groups excluding carboxylic acids is 1. The molecule has 1 saturated heterocycles. The molecule has 1 N–H and O–H groups in total. The number of esters is 1. The van der Waals surface area contributed by atoms with Gasteiger partial charge in [0.2, 0.25) is 5.79 Å². The van der Waals surface area contributed by atoms with E-state index in [-0.39, 0.29) is 0 Å². The van der Waals surface area contributed by atoms with Gasteiger partial charge in [-0.1, -0.05) is 48.5 Å². The summed E-state index contributed by atoms with van der Waals surface area (Å²) in [5.41, 5.74) is 1.62. The van der Waals surface area contributed by atoms with Crippen molar-refractivity contribution in [3.8, 4) is 0 Å². The van der Waals surface area contributed by atoms with Crippen LogP contribution < -0.4 is 5.06 Å². The molecule has 3 atom stereocenters. The van der Waals surface area contributed by atoms with Gasteiger partial charge in [-0.3, -0.25) is 4.79 Å². The highest BCUT2D eigenvalue weighted by Gasteiger charge is 2.56. The fourth-order valence-corrected chi connectivity index (χ4v) is 2.98. The number of anilines is 1. The molecular weight excluding hydrogens is 294 g/mol. The quantitative estimate of drug-likeness (QED) is 0.883. The van der Waals surface area contributed by atoms with Crippen molar-refractivity contribution in [2.45, 2.75) is 18.8 Å². The Morgan fingerprint density at radius 1 is 1.13 bits per heavy atom. The summed E-state index contributed by atoms with van der Waals surface area (Å²) in [6, 6.07) is 18.4. The third kappa shape index (κ3) is 2.81. The lowest BCUT2D eigenvalue weighted by atomic mass is 9.88. The lowest BCUT2D eigenvalue weighted by Gasteiger charge is -2.26. The summed E-state index contributed by atoms with van der Waals surface area (Å²) < 4.78 is 4.90. The van der Waals surface area contributed by atoms with E-state index in [1.807, 2.05) is 60.7 Å². The van der Waals surface area contributed by atoms with Crippen LogP contribution in [0.3, 0.4) is 0 Å². The lowest BCUT2D eigenvalue weighted by molar-refractivity contribution is -0.198. The molecule has 0 radical (unpaired) electrons. The molecule has 0 aliphatic carbocycles. The fraction of sp³-hybridized carbons (Fsp3) is 0.278. The third-order valence-electron chi connectivity index (χ3n) is 4.04. The summed E-state index contributed by atoms with van der Waals surface area (Å²) in [4.78, 5) is 18.0. The number of hydrogen-bond donors (Lipinski definition) is 1. The van der Waals surface area contributed by atoms with Gasteiger partial charge in [0.1, 0.15) is 12.0 Å². The van der Waals surface area contributed by atoms with E-state index in [4.69, 9.17) is 9.57 Å². The Hall–Kier alpha value is -2.37. The molecule has 0 bridgehead atoms. The Bertz CT molecular complexity index is 672. The number of hydrogen-bond acceptors (Lipinski definition) is 5. The minimum Gasteiger partial charge on any atom is -0.469 e. The molecule has 0 unspecified atom stereocenters. The molecule has 5 heteroatoms. The Morgan fingerprint density at radius 2 is 1.70 bits per heavy atom. The van der Waals surface area contributed by atoms with Gasteiger partial charge in [-0.25, -0.2) is 9.90 Å². The van der Waals surface area contributed by atoms with Crippen LogP contribution in [0.25, 0.3) is 0 Å². The molecule has 0 saturated carbocycles. The number of hydroxylamine groups is 1. The van der Waals surface area contributed by atoms with Gasteiger partial charge in [0.25, 0.3) is 0 Å². The predicted octanol–water partition coefficient (Wildman–Crippen LogP) is 2.68. The zero-order chi connectivity index (χ0) is 16.4. The van der Waals surface area contributed by atoms with Crippen molar-refractivity contribution in [2.24, 2.45) is 5.92 Å². The van der Waals surface area contributed by atoms with E-state index in [0.717, 1.165) is 11.3 Å². The number of methoxy groups -OCH3 is 1. The van der Waals surface area contributed by atoms with Gasteiger partial charge in [0.15, 0.2) is 0 Å². The Kier molecular flexibility index (Phi) is 4.07. The molecule has 0 amide bonds. The Balaban J connectivity index is 2.10. The summed E-state index contributed by atoms with van der Waals surface area (Å²) >= 11 is 0. The SMILES string of the molecule is COC(=O)[C@@H]1[C@@H](c2ccccc2)N(c2ccccc2)O[C@]1(C)O. The average molecular weight is 313 g/mol. The summed E-state index contributed by atoms with van der Waals surface area (Å²) in [7, 11) is 1.31. The van der Waals surface area contributed by atoms with Crippen molar-refractivity contribution in [2.75, 3.05) is 12.2 Å². The smallest absolute Gasteiger partial charge is 0.316 e. The number of benzene rings is 2. The standard InChI is InChI=1S/C18H19NO4/c1-18(21)15(17(20)22-2)16(13-9-5-3-6-10-13)19(23-18)14-11-7-4-8-12-14/h3-12,15-16,21H,1-2H3/t15-,16+,18-/m0/s1. The first-order chi connectivity index (χ1) is 11.0. The van der Waals surface area contributed by atoms with E-state index in [9.17, 15) is 9.90 Å². The highest BCUT2D eigenvalue weighted by molar-refractivity contribution is 5.76. The van der Waals surface area contributed by atoms with E-state index in [1.165, 1.54) is 14.0 Å². The molecule has 120 valence electrons. The average Bonchev–Trinajstić information content (AvgIpc) is 2.87. The van der Waals surface area contributed by atoms with Crippen molar-refractivity contribution in [1.82, 2.24) is 0 Å². The Labute approximate surface area is 135 Å². The van der Waals surface area contributed by atoms with Crippen LogP contribution in [0.1, 0.15) is 18.5 Å². The van der Waals surface area contributed by atoms with Crippen molar-refractivity contribution in [3.63, 3.8) is 0 Å². The van der Waals surface area contributed by atoms with E-state index in [0.29, 0.717) is 0 Å². The van der Waals surface area contributed by atoms with Crippen LogP contribution in [0.4, 0.5) is 5.69 Å². The fourth-order valence-electron chi connectivity index (χ4n) is 2.98. The maximum Gasteiger partial charge on any atom is 0.316 e. The molecule has 2 aromatic rings. The van der Waals surface area contributed by atoms with Gasteiger partial charge in [-0.15, -0.1) is 0 Å². The maximum atomic E-state index is 12.3. The summed E-state index contributed by atoms with van der Waals surface area (Å²) in [6.45, 7) is 1.48. The number of rotatable bonds is 3. The molecule has 0 spiro atoms. The number of ether oxygens (including phenoxy) is 1. The molecule has 1 aliphatic heterocycles. The van der Waals surface area contributed by atoms with Gasteiger partial charge < -0.3 is 9.84 Å². The van der Waals surface area contributed by atoms with Gasteiger partial charge in [-0.2, -0.15) is 0 Å². The third-order valence-corrected chi connectivity index (χ3v) is 4.04. The lowest BCUT2D eigenvalue weighted by Crippen LogP contribution is -2.38. The minimum absolute atomic E-state index is 0.485. The zero-order valence-electron chi connectivity index (χ0n) is 13.0. The number of carbonyl (C=O) groups is 1. The number of para-hydroxylation sites is 1. The first-order valence-corrected chi connectivity index (χ1v) is 7.43. The molecule has 1 fully saturated rings. The van der Waals surface area contributed by atoms with Crippen LogP contribution in [0, 0.1) is 5.92 Å². The van der Waals surface area contributed by atoms with Crippen LogP contribution in [0.2, 0.25) is 0 Å². The second-order valence-electron chi connectivity index (χ2n) is 5.66. The molecule has 5 nitrogen and oxygen atoms in total. The summed E-state index contributed by atoms with van der Waals surface area (Å²) in [6.07, 6.45) is 0. The van der Waals surface area contributed by atoms with Gasteiger partial charge in [0, 0.05) is 0 Å². The second-order valence-corrected chi connectivity index (χ2v) is 5.66. The van der Waals surface area contributed by atoms with Crippen LogP contribution in [0.15, 0.2) is 60.7 Å². The Morgan fingerprint density at radius 3 is 2.26 bits per heavy atom. The van der Waals surface area contributed by atoms with Crippen LogP contribution in [0.5, 0.6) is 0 Å². The van der Waals surface area contributed by atoms with Gasteiger partial charge in [-0.05, 0) is 24.6 Å². The van der Waals surface area contributed by atoms with Crippen molar-refractivity contribution < 1.29 is 19.5 Å². The first-order valence-electron chi connectivity index (χ1n) is 7.43. The van der Waals surface area contributed by atoms with Crippen LogP contribution >= 0.6 is 0 Å². The van der Waals surface area contributed by atoms with Crippen molar-refractivity contribution >= 4 is 11.7 Å². The molecule has 23 heavy (non-hydrogen) atoms. The highest BCUT2D eigenvalue weighted by atomic mass is 16.8. The van der Waals surface area contributed by atoms with Crippen molar-refractivity contribution in [1.29, 1.82) is 0 Å². The summed E-state index contributed by atoms with van der Waals surface area (Å²) in [5.74, 6) is -3.04. The number of aliphatic hydroxyl groups is 1. The maximum absolute atomic E-state index is 12.3. The van der Waals surface area contributed by atoms with Crippen LogP contribution in [-0.2, 0) is 14.4 Å². The van der Waals surface area contributed by atoms with Gasteiger partial charge >= 0.3 is 5.97 Å². The zero-order valence-corrected chi connectivity index (χ0v) is 13.0. The molecule has 0 aromatic heterocycles. The molecule has 1 heterocycles. The highest BCUT2D eigenvalue weighted by Crippen LogP contribution is 2.46. The minimum atomic E-state index is -1.66. The molecule has 3 rings (SSSR count). The second kappa shape index (κ2) is 6.02.